The van der Waals surface area contributed by atoms with Gasteiger partial charge in [-0.3, -0.25) is 4.79 Å². The van der Waals surface area contributed by atoms with Crippen LogP contribution in [0.15, 0.2) is 35.1 Å². The summed E-state index contributed by atoms with van der Waals surface area (Å²) in [6.07, 6.45) is 2.93. The Bertz CT molecular complexity index is 650. The number of hydrogen-bond acceptors (Lipinski definition) is 4. The fourth-order valence-electron chi connectivity index (χ4n) is 1.47. The number of aliphatic hydroxyl groups is 1. The third-order valence-corrected chi connectivity index (χ3v) is 2.31. The molecule has 2 aromatic heterocycles. The maximum Gasteiger partial charge on any atom is 0.260 e. The zero-order chi connectivity index (χ0) is 13.7. The normalized spacial score (nSPS) is 9.58. The van der Waals surface area contributed by atoms with Crippen molar-refractivity contribution in [2.45, 2.75) is 6.92 Å². The Kier molecular flexibility index (Phi) is 3.96. The van der Waals surface area contributed by atoms with Crippen LogP contribution in [0.2, 0.25) is 0 Å². The minimum atomic E-state index is -0.295. The van der Waals surface area contributed by atoms with E-state index in [2.05, 4.69) is 22.1 Å². The molecule has 5 nitrogen and oxygen atoms in total. The summed E-state index contributed by atoms with van der Waals surface area (Å²) >= 11 is 0. The number of amides is 1. The van der Waals surface area contributed by atoms with Crippen molar-refractivity contribution >= 4 is 11.7 Å². The van der Waals surface area contributed by atoms with Crippen LogP contribution in [0.4, 0.5) is 5.82 Å². The van der Waals surface area contributed by atoms with Crippen LogP contribution in [0.1, 0.15) is 21.7 Å². The minimum Gasteiger partial charge on any atom is -0.469 e. The number of aromatic nitrogens is 1. The molecule has 0 aromatic carbocycles. The molecule has 2 N–H and O–H groups in total. The van der Waals surface area contributed by atoms with Gasteiger partial charge in [0.1, 0.15) is 24.4 Å². The predicted octanol–water partition coefficient (Wildman–Crippen LogP) is 1.58. The molecule has 1 amide bonds. The van der Waals surface area contributed by atoms with Crippen LogP contribution in [0.25, 0.3) is 0 Å². The van der Waals surface area contributed by atoms with E-state index in [4.69, 9.17) is 9.52 Å². The van der Waals surface area contributed by atoms with E-state index < -0.39 is 0 Å². The molecule has 0 atom stereocenters. The number of carbonyl (C=O) groups excluding carboxylic acids is 1. The summed E-state index contributed by atoms with van der Waals surface area (Å²) in [5, 5.41) is 11.3. The van der Waals surface area contributed by atoms with Gasteiger partial charge in [-0.1, -0.05) is 11.8 Å². The number of furan rings is 1. The molecule has 0 fully saturated rings. The second-order valence-electron chi connectivity index (χ2n) is 3.79. The van der Waals surface area contributed by atoms with Crippen molar-refractivity contribution < 1.29 is 14.3 Å². The Morgan fingerprint density at radius 2 is 2.37 bits per heavy atom. The first-order valence-electron chi connectivity index (χ1n) is 5.61. The molecular weight excluding hydrogens is 244 g/mol. The number of aliphatic hydroxyl groups excluding tert-OH is 1. The van der Waals surface area contributed by atoms with E-state index in [1.54, 1.807) is 25.1 Å². The fourth-order valence-corrected chi connectivity index (χ4v) is 1.47. The van der Waals surface area contributed by atoms with Crippen molar-refractivity contribution in [2.24, 2.45) is 0 Å². The number of rotatable bonds is 2. The van der Waals surface area contributed by atoms with Crippen molar-refractivity contribution in [1.29, 1.82) is 0 Å². The van der Waals surface area contributed by atoms with E-state index in [-0.39, 0.29) is 12.5 Å². The summed E-state index contributed by atoms with van der Waals surface area (Å²) < 4.78 is 5.07. The maximum absolute atomic E-state index is 11.9. The van der Waals surface area contributed by atoms with Gasteiger partial charge in [-0.15, -0.1) is 0 Å². The molecular formula is C14H12N2O3. The van der Waals surface area contributed by atoms with Crippen molar-refractivity contribution in [3.63, 3.8) is 0 Å². The van der Waals surface area contributed by atoms with Gasteiger partial charge in [0.05, 0.1) is 5.56 Å². The Morgan fingerprint density at radius 3 is 3.05 bits per heavy atom. The number of hydrogen-bond donors (Lipinski definition) is 2. The van der Waals surface area contributed by atoms with Gasteiger partial charge >= 0.3 is 0 Å². The molecule has 2 rings (SSSR count). The molecule has 0 saturated heterocycles. The van der Waals surface area contributed by atoms with Crippen LogP contribution >= 0.6 is 0 Å². The molecule has 0 unspecified atom stereocenters. The average Bonchev–Trinajstić information content (AvgIpc) is 2.83. The lowest BCUT2D eigenvalue weighted by atomic mass is 10.2. The molecule has 0 aliphatic carbocycles. The standard InChI is InChI=1S/C14H12N2O3/c1-10-7-12(9-19-10)14(18)16-13-8-11(3-2-6-17)4-5-15-13/h4-5,7-9,17H,6H2,1H3,(H,15,16,18). The Morgan fingerprint density at radius 1 is 1.53 bits per heavy atom. The smallest absolute Gasteiger partial charge is 0.260 e. The summed E-state index contributed by atoms with van der Waals surface area (Å²) in [5.74, 6) is 6.04. The van der Waals surface area contributed by atoms with Gasteiger partial charge < -0.3 is 14.8 Å². The van der Waals surface area contributed by atoms with Crippen molar-refractivity contribution in [3.8, 4) is 11.8 Å². The molecule has 0 spiro atoms. The van der Waals surface area contributed by atoms with Crippen LogP contribution in [0.5, 0.6) is 0 Å². The minimum absolute atomic E-state index is 0.210. The van der Waals surface area contributed by atoms with Crippen molar-refractivity contribution in [3.05, 3.63) is 47.5 Å². The highest BCUT2D eigenvalue weighted by Gasteiger charge is 2.09. The summed E-state index contributed by atoms with van der Waals surface area (Å²) in [6, 6.07) is 4.97. The lowest BCUT2D eigenvalue weighted by Gasteiger charge is -2.02. The number of carbonyl (C=O) groups is 1. The summed E-state index contributed by atoms with van der Waals surface area (Å²) in [7, 11) is 0. The van der Waals surface area contributed by atoms with Crippen molar-refractivity contribution in [1.82, 2.24) is 4.98 Å². The van der Waals surface area contributed by atoms with E-state index in [9.17, 15) is 4.79 Å². The Hall–Kier alpha value is -2.58. The summed E-state index contributed by atoms with van der Waals surface area (Å²) in [4.78, 5) is 15.9. The molecule has 5 heteroatoms. The van der Waals surface area contributed by atoms with Gasteiger partial charge in [0.25, 0.3) is 5.91 Å². The number of aryl methyl sites for hydroxylation is 1. The van der Waals surface area contributed by atoms with Gasteiger partial charge in [-0.25, -0.2) is 4.98 Å². The highest BCUT2D eigenvalue weighted by atomic mass is 16.3. The zero-order valence-corrected chi connectivity index (χ0v) is 10.3. The van der Waals surface area contributed by atoms with Gasteiger partial charge in [0.15, 0.2) is 0 Å². The molecule has 19 heavy (non-hydrogen) atoms. The lowest BCUT2D eigenvalue weighted by Crippen LogP contribution is -2.12. The van der Waals surface area contributed by atoms with E-state index in [0.717, 1.165) is 0 Å². The molecule has 0 radical (unpaired) electrons. The molecule has 0 saturated carbocycles. The molecule has 96 valence electrons. The first-order chi connectivity index (χ1) is 9.19. The third kappa shape index (κ3) is 3.44. The van der Waals surface area contributed by atoms with Crippen LogP contribution in [-0.4, -0.2) is 22.6 Å². The first-order valence-corrected chi connectivity index (χ1v) is 5.61. The van der Waals surface area contributed by atoms with Crippen LogP contribution < -0.4 is 5.32 Å². The number of anilines is 1. The van der Waals surface area contributed by atoms with Gasteiger partial charge in [-0.2, -0.15) is 0 Å². The SMILES string of the molecule is Cc1cc(C(=O)Nc2cc(C#CCO)ccn2)co1. The van der Waals surface area contributed by atoms with E-state index in [1.165, 1.54) is 12.5 Å². The fraction of sp³-hybridized carbons (Fsp3) is 0.143. The average molecular weight is 256 g/mol. The quantitative estimate of drug-likeness (QED) is 0.800. The number of pyridine rings is 1. The van der Waals surface area contributed by atoms with Crippen LogP contribution in [0, 0.1) is 18.8 Å². The van der Waals surface area contributed by atoms with Gasteiger partial charge in [0, 0.05) is 11.8 Å². The summed E-state index contributed by atoms with van der Waals surface area (Å²) in [6.45, 7) is 1.55. The maximum atomic E-state index is 11.9. The highest BCUT2D eigenvalue weighted by Crippen LogP contribution is 2.10. The van der Waals surface area contributed by atoms with Crippen LogP contribution in [-0.2, 0) is 0 Å². The molecule has 0 bridgehead atoms. The third-order valence-electron chi connectivity index (χ3n) is 2.31. The van der Waals surface area contributed by atoms with E-state index in [1.807, 2.05) is 0 Å². The largest absolute Gasteiger partial charge is 0.469 e. The zero-order valence-electron chi connectivity index (χ0n) is 10.3. The Balaban J connectivity index is 2.13. The van der Waals surface area contributed by atoms with Crippen LogP contribution in [0.3, 0.4) is 0 Å². The van der Waals surface area contributed by atoms with Crippen molar-refractivity contribution in [2.75, 3.05) is 11.9 Å². The second kappa shape index (κ2) is 5.85. The molecule has 2 heterocycles. The highest BCUT2D eigenvalue weighted by molar-refractivity contribution is 6.03. The number of nitrogens with zero attached hydrogens (tertiary/aromatic N) is 1. The van der Waals surface area contributed by atoms with E-state index >= 15 is 0 Å². The summed E-state index contributed by atoms with van der Waals surface area (Å²) in [5.41, 5.74) is 1.11. The monoisotopic (exact) mass is 256 g/mol. The molecule has 0 aliphatic rings. The lowest BCUT2D eigenvalue weighted by molar-refractivity contribution is 0.102. The van der Waals surface area contributed by atoms with Gasteiger partial charge in [-0.05, 0) is 25.1 Å². The predicted molar refractivity (Wildman–Crippen MR) is 69.6 cm³/mol. The molecule has 0 aliphatic heterocycles. The Labute approximate surface area is 110 Å². The first kappa shape index (κ1) is 12.9. The number of nitrogens with one attached hydrogen (secondary N) is 1. The van der Waals surface area contributed by atoms with Gasteiger partial charge in [0.2, 0.25) is 0 Å². The second-order valence-corrected chi connectivity index (χ2v) is 3.79. The topological polar surface area (TPSA) is 75.4 Å². The molecule has 2 aromatic rings. The van der Waals surface area contributed by atoms with E-state index in [0.29, 0.717) is 22.7 Å².